The Morgan fingerprint density at radius 1 is 1.37 bits per heavy atom. The predicted molar refractivity (Wildman–Crippen MR) is 80.0 cm³/mol. The molecular weight excluding hydrogens is 240 g/mol. The third-order valence-electron chi connectivity index (χ3n) is 2.78. The fraction of sp³-hybridized carbons (Fsp3) is 0.400. The number of rotatable bonds is 7. The van der Waals surface area contributed by atoms with Gasteiger partial charge in [-0.3, -0.25) is 9.69 Å². The lowest BCUT2D eigenvalue weighted by molar-refractivity contribution is -0.140. The van der Waals surface area contributed by atoms with Gasteiger partial charge >= 0.3 is 5.97 Å². The molecule has 0 aromatic carbocycles. The highest BCUT2D eigenvalue weighted by atomic mass is 16.4. The van der Waals surface area contributed by atoms with Gasteiger partial charge in [-0.25, -0.2) is 0 Å². The zero-order chi connectivity index (χ0) is 15.0. The van der Waals surface area contributed by atoms with Crippen molar-refractivity contribution >= 4 is 5.97 Å². The molecule has 2 N–H and O–H groups in total. The molecule has 0 spiro atoms. The summed E-state index contributed by atoms with van der Waals surface area (Å²) in [5.74, 6) is -0.854. The van der Waals surface area contributed by atoms with Crippen molar-refractivity contribution in [3.05, 3.63) is 47.7 Å². The average Bonchev–Trinajstić information content (AvgIpc) is 2.32. The predicted octanol–water partition coefficient (Wildman–Crippen LogP) is 2.18. The first-order valence-electron chi connectivity index (χ1n) is 6.10. The summed E-state index contributed by atoms with van der Waals surface area (Å²) in [4.78, 5) is 12.9. The van der Waals surface area contributed by atoms with E-state index in [-0.39, 0.29) is 0 Å². The standard InChI is InChI=1S/C15H24N2O2/c1-7-8-9-13(12(3)16-4)10-11(2)14(15(18)19)17(5)6/h7-10,14,16H,1H2,2-6H3,(H,18,19)/b9-8-,11-10+,13-12-. The van der Waals surface area contributed by atoms with Crippen molar-refractivity contribution in [3.8, 4) is 0 Å². The molecular formula is C15H24N2O2. The number of allylic oxidation sites excluding steroid dienone is 6. The summed E-state index contributed by atoms with van der Waals surface area (Å²) in [5, 5.41) is 12.3. The van der Waals surface area contributed by atoms with Crippen molar-refractivity contribution in [2.75, 3.05) is 21.1 Å². The number of hydrogen-bond donors (Lipinski definition) is 2. The average molecular weight is 264 g/mol. The number of carboxylic acid groups (broad SMARTS) is 1. The molecule has 0 amide bonds. The maximum Gasteiger partial charge on any atom is 0.325 e. The van der Waals surface area contributed by atoms with Gasteiger partial charge < -0.3 is 10.4 Å². The Labute approximate surface area is 115 Å². The van der Waals surface area contributed by atoms with Crippen molar-refractivity contribution in [2.24, 2.45) is 0 Å². The van der Waals surface area contributed by atoms with Crippen LogP contribution in [0.5, 0.6) is 0 Å². The van der Waals surface area contributed by atoms with Gasteiger partial charge in [0.05, 0.1) is 0 Å². The van der Waals surface area contributed by atoms with E-state index in [1.54, 1.807) is 25.1 Å². The molecule has 0 radical (unpaired) electrons. The van der Waals surface area contributed by atoms with E-state index in [1.807, 2.05) is 39.1 Å². The SMILES string of the molecule is C=C\C=C/C(/C=C(\C)C(C(=O)O)N(C)C)=C(\C)NC. The Balaban J connectivity index is 5.51. The molecule has 4 heteroatoms. The highest BCUT2D eigenvalue weighted by Gasteiger charge is 2.21. The summed E-state index contributed by atoms with van der Waals surface area (Å²) in [6.45, 7) is 7.40. The van der Waals surface area contributed by atoms with Crippen molar-refractivity contribution in [1.82, 2.24) is 10.2 Å². The van der Waals surface area contributed by atoms with E-state index in [1.165, 1.54) is 0 Å². The number of carboxylic acids is 1. The lowest BCUT2D eigenvalue weighted by atomic mass is 10.0. The van der Waals surface area contributed by atoms with Crippen LogP contribution in [0.3, 0.4) is 0 Å². The summed E-state index contributed by atoms with van der Waals surface area (Å²) < 4.78 is 0. The van der Waals surface area contributed by atoms with Crippen LogP contribution >= 0.6 is 0 Å². The maximum absolute atomic E-state index is 11.3. The normalized spacial score (nSPS) is 15.4. The van der Waals surface area contributed by atoms with Gasteiger partial charge in [0, 0.05) is 12.7 Å². The second-order valence-electron chi connectivity index (χ2n) is 4.52. The molecule has 0 saturated carbocycles. The zero-order valence-electron chi connectivity index (χ0n) is 12.4. The molecule has 0 aromatic heterocycles. The second-order valence-corrected chi connectivity index (χ2v) is 4.52. The van der Waals surface area contributed by atoms with E-state index in [0.717, 1.165) is 16.8 Å². The summed E-state index contributed by atoms with van der Waals surface area (Å²) in [6, 6.07) is -0.628. The molecule has 0 rings (SSSR count). The third kappa shape index (κ3) is 5.57. The van der Waals surface area contributed by atoms with E-state index in [0.29, 0.717) is 0 Å². The quantitative estimate of drug-likeness (QED) is 0.692. The summed E-state index contributed by atoms with van der Waals surface area (Å²) in [7, 11) is 5.34. The van der Waals surface area contributed by atoms with Crippen LogP contribution in [0.2, 0.25) is 0 Å². The van der Waals surface area contributed by atoms with Crippen LogP contribution < -0.4 is 5.32 Å². The van der Waals surface area contributed by atoms with Gasteiger partial charge in [-0.1, -0.05) is 30.9 Å². The summed E-state index contributed by atoms with van der Waals surface area (Å²) in [5.41, 5.74) is 2.68. The van der Waals surface area contributed by atoms with Gasteiger partial charge in [0.25, 0.3) is 0 Å². The minimum absolute atomic E-state index is 0.628. The van der Waals surface area contributed by atoms with Crippen LogP contribution in [0.4, 0.5) is 0 Å². The van der Waals surface area contributed by atoms with Crippen LogP contribution in [0.1, 0.15) is 13.8 Å². The van der Waals surface area contributed by atoms with Gasteiger partial charge in [0.2, 0.25) is 0 Å². The van der Waals surface area contributed by atoms with Crippen LogP contribution in [-0.4, -0.2) is 43.2 Å². The monoisotopic (exact) mass is 264 g/mol. The molecule has 1 atom stereocenters. The molecule has 0 fully saturated rings. The number of nitrogens with one attached hydrogen (secondary N) is 1. The van der Waals surface area contributed by atoms with Gasteiger partial charge in [0.15, 0.2) is 0 Å². The molecule has 0 saturated heterocycles. The minimum atomic E-state index is -0.854. The minimum Gasteiger partial charge on any atom is -0.480 e. The van der Waals surface area contributed by atoms with Crippen molar-refractivity contribution < 1.29 is 9.90 Å². The molecule has 0 aliphatic carbocycles. The number of carbonyl (C=O) groups is 1. The lowest BCUT2D eigenvalue weighted by Gasteiger charge is -2.21. The Kier molecular flexibility index (Phi) is 7.53. The Morgan fingerprint density at radius 3 is 2.32 bits per heavy atom. The molecule has 0 aromatic rings. The molecule has 4 nitrogen and oxygen atoms in total. The number of nitrogens with zero attached hydrogens (tertiary/aromatic N) is 1. The summed E-state index contributed by atoms with van der Waals surface area (Å²) >= 11 is 0. The smallest absolute Gasteiger partial charge is 0.325 e. The molecule has 0 aliphatic rings. The number of likely N-dealkylation sites (N-methyl/N-ethyl adjacent to an activating group) is 1. The zero-order valence-corrected chi connectivity index (χ0v) is 12.4. The van der Waals surface area contributed by atoms with Gasteiger partial charge in [-0.2, -0.15) is 0 Å². The molecule has 0 aliphatic heterocycles. The first kappa shape index (κ1) is 17.2. The first-order valence-corrected chi connectivity index (χ1v) is 6.10. The van der Waals surface area contributed by atoms with E-state index in [2.05, 4.69) is 11.9 Å². The van der Waals surface area contributed by atoms with Crippen LogP contribution in [0.15, 0.2) is 47.7 Å². The third-order valence-corrected chi connectivity index (χ3v) is 2.78. The van der Waals surface area contributed by atoms with Crippen LogP contribution in [-0.2, 0) is 4.79 Å². The van der Waals surface area contributed by atoms with Gasteiger partial charge in [-0.15, -0.1) is 0 Å². The second kappa shape index (κ2) is 8.32. The van der Waals surface area contributed by atoms with E-state index in [4.69, 9.17) is 0 Å². The highest BCUT2D eigenvalue weighted by Crippen LogP contribution is 2.14. The van der Waals surface area contributed by atoms with Crippen LogP contribution in [0, 0.1) is 0 Å². The number of aliphatic carboxylic acids is 1. The Morgan fingerprint density at radius 2 is 1.95 bits per heavy atom. The molecule has 1 unspecified atom stereocenters. The largest absolute Gasteiger partial charge is 0.480 e. The Bertz CT molecular complexity index is 418. The van der Waals surface area contributed by atoms with Crippen molar-refractivity contribution in [2.45, 2.75) is 19.9 Å². The molecule has 0 heterocycles. The maximum atomic E-state index is 11.3. The van der Waals surface area contributed by atoms with Gasteiger partial charge in [0.1, 0.15) is 6.04 Å². The highest BCUT2D eigenvalue weighted by molar-refractivity contribution is 5.77. The first-order chi connectivity index (χ1) is 8.84. The molecule has 19 heavy (non-hydrogen) atoms. The topological polar surface area (TPSA) is 52.6 Å². The van der Waals surface area contributed by atoms with E-state index in [9.17, 15) is 9.90 Å². The molecule has 0 bridgehead atoms. The fourth-order valence-corrected chi connectivity index (χ4v) is 1.74. The van der Waals surface area contributed by atoms with Crippen LogP contribution in [0.25, 0.3) is 0 Å². The van der Waals surface area contributed by atoms with E-state index >= 15 is 0 Å². The van der Waals surface area contributed by atoms with E-state index < -0.39 is 12.0 Å². The fourth-order valence-electron chi connectivity index (χ4n) is 1.74. The molecule has 106 valence electrons. The summed E-state index contributed by atoms with van der Waals surface area (Å²) in [6.07, 6.45) is 7.29. The lowest BCUT2D eigenvalue weighted by Crippen LogP contribution is -2.36. The van der Waals surface area contributed by atoms with Crippen molar-refractivity contribution in [1.29, 1.82) is 0 Å². The number of hydrogen-bond acceptors (Lipinski definition) is 3. The van der Waals surface area contributed by atoms with Gasteiger partial charge in [-0.05, 0) is 39.1 Å². The Hall–Kier alpha value is -1.81. The van der Waals surface area contributed by atoms with Crippen molar-refractivity contribution in [3.63, 3.8) is 0 Å².